The number of hydrogen-bond acceptors (Lipinski definition) is 5. The highest BCUT2D eigenvalue weighted by atomic mass is 32.1. The maximum Gasteiger partial charge on any atom is 0.282 e. The van der Waals surface area contributed by atoms with Gasteiger partial charge in [-0.2, -0.15) is 4.68 Å². The second-order valence-corrected chi connectivity index (χ2v) is 8.02. The van der Waals surface area contributed by atoms with Crippen LogP contribution < -0.4 is 15.9 Å². The zero-order valence-corrected chi connectivity index (χ0v) is 17.2. The van der Waals surface area contributed by atoms with E-state index in [2.05, 4.69) is 10.1 Å². The van der Waals surface area contributed by atoms with Crippen molar-refractivity contribution in [1.82, 2.24) is 19.3 Å². The number of nitrogens with zero attached hydrogens (tertiary/aromatic N) is 3. The van der Waals surface area contributed by atoms with Gasteiger partial charge in [0, 0.05) is 11.8 Å². The number of aromatic amines is 1. The predicted molar refractivity (Wildman–Crippen MR) is 118 cm³/mol. The molecule has 0 amide bonds. The van der Waals surface area contributed by atoms with E-state index in [9.17, 15) is 9.59 Å². The molecule has 0 radical (unpaired) electrons. The first kappa shape index (κ1) is 18.4. The van der Waals surface area contributed by atoms with E-state index >= 15 is 0 Å². The number of pyridine rings is 1. The molecule has 30 heavy (non-hydrogen) atoms. The van der Waals surface area contributed by atoms with E-state index in [0.29, 0.717) is 28.3 Å². The van der Waals surface area contributed by atoms with E-state index in [0.717, 1.165) is 21.5 Å². The van der Waals surface area contributed by atoms with Gasteiger partial charge >= 0.3 is 0 Å². The zero-order chi connectivity index (χ0) is 20.8. The minimum Gasteiger partial charge on any atom is -0.497 e. The Kier molecular flexibility index (Phi) is 4.29. The Hall–Kier alpha value is -3.65. The average molecular weight is 418 g/mol. The minimum absolute atomic E-state index is 0.180. The Labute approximate surface area is 174 Å². The summed E-state index contributed by atoms with van der Waals surface area (Å²) in [6.45, 7) is 2.14. The van der Waals surface area contributed by atoms with Gasteiger partial charge in [0.25, 0.3) is 11.1 Å². The van der Waals surface area contributed by atoms with Gasteiger partial charge in [-0.3, -0.25) is 14.7 Å². The van der Waals surface area contributed by atoms with Crippen molar-refractivity contribution < 1.29 is 4.74 Å². The summed E-state index contributed by atoms with van der Waals surface area (Å²) in [5.41, 5.74) is 2.46. The second-order valence-electron chi connectivity index (χ2n) is 7.01. The van der Waals surface area contributed by atoms with E-state index in [1.807, 2.05) is 48.5 Å². The van der Waals surface area contributed by atoms with Crippen molar-refractivity contribution in [1.29, 1.82) is 0 Å². The van der Waals surface area contributed by atoms with E-state index < -0.39 is 0 Å². The van der Waals surface area contributed by atoms with E-state index in [4.69, 9.17) is 4.74 Å². The summed E-state index contributed by atoms with van der Waals surface area (Å²) in [5, 5.41) is 4.08. The van der Waals surface area contributed by atoms with Crippen molar-refractivity contribution in [2.45, 2.75) is 13.5 Å². The van der Waals surface area contributed by atoms with Crippen LogP contribution in [0.1, 0.15) is 11.3 Å². The van der Waals surface area contributed by atoms with Crippen LogP contribution in [-0.4, -0.2) is 26.4 Å². The average Bonchev–Trinajstić information content (AvgIpc) is 3.32. The Morgan fingerprint density at radius 2 is 1.93 bits per heavy atom. The maximum absolute atomic E-state index is 13.2. The number of aryl methyl sites for hydroxylation is 1. The topological polar surface area (TPSA) is 81.9 Å². The lowest BCUT2D eigenvalue weighted by Crippen LogP contribution is -2.23. The Bertz CT molecular complexity index is 1490. The summed E-state index contributed by atoms with van der Waals surface area (Å²) in [6.07, 6.45) is 0. The highest BCUT2D eigenvalue weighted by Crippen LogP contribution is 2.24. The van der Waals surface area contributed by atoms with Crippen molar-refractivity contribution in [3.63, 3.8) is 0 Å². The minimum atomic E-state index is -0.221. The van der Waals surface area contributed by atoms with Gasteiger partial charge in [-0.15, -0.1) is 0 Å². The standard InChI is InChI=1S/C22H18N4O3S/c1-13-20-17(11-19(27)25(13)12-14-6-5-7-15(10-14)29-2)24-26(21(20)28)22-23-16-8-3-4-9-18(16)30-22/h3-11,24H,12H2,1-2H3. The third kappa shape index (κ3) is 2.93. The lowest BCUT2D eigenvalue weighted by molar-refractivity contribution is 0.414. The van der Waals surface area contributed by atoms with Crippen molar-refractivity contribution in [3.8, 4) is 10.9 Å². The van der Waals surface area contributed by atoms with Crippen LogP contribution in [0, 0.1) is 6.92 Å². The van der Waals surface area contributed by atoms with Crippen molar-refractivity contribution in [2.75, 3.05) is 7.11 Å². The molecule has 7 nitrogen and oxygen atoms in total. The van der Waals surface area contributed by atoms with E-state index in [-0.39, 0.29) is 11.1 Å². The van der Waals surface area contributed by atoms with Crippen LogP contribution in [0.3, 0.4) is 0 Å². The third-order valence-corrected chi connectivity index (χ3v) is 6.19. The van der Waals surface area contributed by atoms with Crippen LogP contribution in [0.5, 0.6) is 5.75 Å². The van der Waals surface area contributed by atoms with Crippen molar-refractivity contribution in [3.05, 3.63) is 86.6 Å². The van der Waals surface area contributed by atoms with E-state index in [1.54, 1.807) is 18.6 Å². The Morgan fingerprint density at radius 1 is 1.10 bits per heavy atom. The van der Waals surface area contributed by atoms with Crippen molar-refractivity contribution in [2.24, 2.45) is 0 Å². The molecule has 5 rings (SSSR count). The lowest BCUT2D eigenvalue weighted by Gasteiger charge is -2.11. The number of methoxy groups -OCH3 is 1. The fourth-order valence-corrected chi connectivity index (χ4v) is 4.58. The number of fused-ring (bicyclic) bond motifs is 2. The summed E-state index contributed by atoms with van der Waals surface area (Å²) in [7, 11) is 1.60. The number of hydrogen-bond donors (Lipinski definition) is 1. The predicted octanol–water partition coefficient (Wildman–Crippen LogP) is 3.46. The molecule has 0 aliphatic carbocycles. The monoisotopic (exact) mass is 418 g/mol. The molecule has 1 N–H and O–H groups in total. The molecule has 3 heterocycles. The summed E-state index contributed by atoms with van der Waals surface area (Å²) < 4.78 is 9.28. The second kappa shape index (κ2) is 7.00. The van der Waals surface area contributed by atoms with Crippen LogP contribution in [0.2, 0.25) is 0 Å². The molecule has 0 bridgehead atoms. The molecule has 0 aliphatic heterocycles. The molecule has 0 saturated heterocycles. The molecule has 3 aromatic heterocycles. The Balaban J connectivity index is 1.65. The number of nitrogens with one attached hydrogen (secondary N) is 1. The van der Waals surface area contributed by atoms with E-state index in [1.165, 1.54) is 22.1 Å². The molecule has 5 aromatic rings. The fourth-order valence-electron chi connectivity index (χ4n) is 3.65. The van der Waals surface area contributed by atoms with Gasteiger partial charge in [-0.1, -0.05) is 35.6 Å². The highest BCUT2D eigenvalue weighted by molar-refractivity contribution is 7.20. The van der Waals surface area contributed by atoms with Gasteiger partial charge in [-0.05, 0) is 36.8 Å². The number of ether oxygens (including phenoxy) is 1. The third-order valence-electron chi connectivity index (χ3n) is 5.17. The smallest absolute Gasteiger partial charge is 0.282 e. The number of rotatable bonds is 4. The number of H-pyrrole nitrogens is 1. The van der Waals surface area contributed by atoms with Gasteiger partial charge in [0.1, 0.15) is 5.75 Å². The molecule has 0 atom stereocenters. The largest absolute Gasteiger partial charge is 0.497 e. The zero-order valence-electron chi connectivity index (χ0n) is 16.4. The molecule has 0 spiro atoms. The van der Waals surface area contributed by atoms with Crippen LogP contribution in [-0.2, 0) is 6.54 Å². The maximum atomic E-state index is 13.2. The number of thiazole rings is 1. The molecule has 0 fully saturated rings. The van der Waals surface area contributed by atoms with Gasteiger partial charge in [-0.25, -0.2) is 4.98 Å². The summed E-state index contributed by atoms with van der Waals surface area (Å²) >= 11 is 1.42. The molecule has 8 heteroatoms. The first-order chi connectivity index (χ1) is 14.5. The first-order valence-electron chi connectivity index (χ1n) is 9.39. The molecule has 0 unspecified atom stereocenters. The molecule has 2 aromatic carbocycles. The van der Waals surface area contributed by atoms with Gasteiger partial charge in [0.2, 0.25) is 5.13 Å². The van der Waals surface area contributed by atoms with Crippen LogP contribution in [0.15, 0.2) is 64.2 Å². The summed E-state index contributed by atoms with van der Waals surface area (Å²) in [5.74, 6) is 0.721. The fraction of sp³-hybridized carbons (Fsp3) is 0.136. The molecule has 0 saturated carbocycles. The van der Waals surface area contributed by atoms with Crippen LogP contribution >= 0.6 is 11.3 Å². The molecular formula is C22H18N4O3S. The SMILES string of the molecule is COc1cccc(Cn2c(C)c3c(=O)n(-c4nc5ccccc5s4)[nH]c3cc2=O)c1. The quantitative estimate of drug-likeness (QED) is 0.485. The lowest BCUT2D eigenvalue weighted by atomic mass is 10.2. The normalized spacial score (nSPS) is 11.4. The van der Waals surface area contributed by atoms with Crippen molar-refractivity contribution >= 4 is 32.5 Å². The highest BCUT2D eigenvalue weighted by Gasteiger charge is 2.17. The number of benzene rings is 2. The van der Waals surface area contributed by atoms with Gasteiger partial charge < -0.3 is 9.30 Å². The summed E-state index contributed by atoms with van der Waals surface area (Å²) in [6, 6.07) is 16.7. The van der Waals surface area contributed by atoms with Gasteiger partial charge in [0.05, 0.1) is 34.8 Å². The number of para-hydroxylation sites is 1. The van der Waals surface area contributed by atoms with Gasteiger partial charge in [0.15, 0.2) is 0 Å². The number of aromatic nitrogens is 4. The molecule has 150 valence electrons. The molecular weight excluding hydrogens is 400 g/mol. The molecule has 0 aliphatic rings. The summed E-state index contributed by atoms with van der Waals surface area (Å²) in [4.78, 5) is 30.6. The first-order valence-corrected chi connectivity index (χ1v) is 10.2. The van der Waals surface area contributed by atoms with Crippen LogP contribution in [0.4, 0.5) is 0 Å². The van der Waals surface area contributed by atoms with Crippen LogP contribution in [0.25, 0.3) is 26.3 Å². The Morgan fingerprint density at radius 3 is 2.73 bits per heavy atom.